The summed E-state index contributed by atoms with van der Waals surface area (Å²) >= 11 is 3.37. The largest absolute Gasteiger partial charge is 0.454 e. The quantitative estimate of drug-likeness (QED) is 0.854. The normalized spacial score (nSPS) is 17.8. The summed E-state index contributed by atoms with van der Waals surface area (Å²) < 4.78 is 10.9. The van der Waals surface area contributed by atoms with Gasteiger partial charge in [-0.25, -0.2) is 4.79 Å². The zero-order valence-electron chi connectivity index (χ0n) is 11.1. The van der Waals surface area contributed by atoms with E-state index < -0.39 is 12.1 Å². The maximum atomic E-state index is 11.7. The molecule has 1 atom stereocenters. The number of halogens is 1. The number of amides is 1. The van der Waals surface area contributed by atoms with Crippen LogP contribution in [0.15, 0.2) is 22.7 Å². The first-order valence-electron chi connectivity index (χ1n) is 6.40. The minimum absolute atomic E-state index is 0.307. The molecular weight excluding hydrogens is 326 g/mol. The molecule has 1 saturated heterocycles. The van der Waals surface area contributed by atoms with Gasteiger partial charge < -0.3 is 14.8 Å². The molecule has 0 bridgehead atoms. The van der Waals surface area contributed by atoms with Crippen LogP contribution in [0.1, 0.15) is 18.4 Å². The molecule has 6 heteroatoms. The number of carbonyl (C=O) groups excluding carboxylic acids is 2. The maximum Gasteiger partial charge on any atom is 0.335 e. The Bertz CT molecular complexity index is 512. The van der Waals surface area contributed by atoms with Gasteiger partial charge in [0.2, 0.25) is 0 Å². The third kappa shape index (κ3) is 4.05. The zero-order valence-corrected chi connectivity index (χ0v) is 12.7. The van der Waals surface area contributed by atoms with Crippen LogP contribution in [0.3, 0.4) is 0 Å². The van der Waals surface area contributed by atoms with Crippen molar-refractivity contribution in [1.29, 1.82) is 0 Å². The molecule has 0 unspecified atom stereocenters. The lowest BCUT2D eigenvalue weighted by atomic mass is 10.2. The molecule has 1 aromatic carbocycles. The predicted octanol–water partition coefficient (Wildman–Crippen LogP) is 2.42. The van der Waals surface area contributed by atoms with Gasteiger partial charge in [0.25, 0.3) is 5.91 Å². The SMILES string of the molecule is Cc1ccc(NC(=O)COC(=O)[C@@H]2CCCO2)c(Br)c1. The summed E-state index contributed by atoms with van der Waals surface area (Å²) in [5.74, 6) is -0.846. The summed E-state index contributed by atoms with van der Waals surface area (Å²) in [5, 5.41) is 2.68. The number of aryl methyl sites for hydroxylation is 1. The van der Waals surface area contributed by atoms with Crippen LogP contribution in [0.2, 0.25) is 0 Å². The smallest absolute Gasteiger partial charge is 0.335 e. The summed E-state index contributed by atoms with van der Waals surface area (Å²) in [6.45, 7) is 2.22. The molecule has 1 fully saturated rings. The van der Waals surface area contributed by atoms with E-state index in [0.717, 1.165) is 16.5 Å². The minimum atomic E-state index is -0.520. The Kier molecular flexibility index (Phi) is 5.14. The second kappa shape index (κ2) is 6.85. The monoisotopic (exact) mass is 341 g/mol. The van der Waals surface area contributed by atoms with E-state index in [0.29, 0.717) is 18.7 Å². The van der Waals surface area contributed by atoms with Crippen LogP contribution < -0.4 is 5.32 Å². The summed E-state index contributed by atoms with van der Waals surface area (Å²) in [4.78, 5) is 23.3. The number of carbonyl (C=O) groups is 2. The number of nitrogens with one attached hydrogen (secondary N) is 1. The highest BCUT2D eigenvalue weighted by molar-refractivity contribution is 9.10. The molecule has 2 rings (SSSR count). The van der Waals surface area contributed by atoms with Crippen LogP contribution >= 0.6 is 15.9 Å². The topological polar surface area (TPSA) is 64.6 Å². The number of benzene rings is 1. The van der Waals surface area contributed by atoms with Crippen molar-refractivity contribution in [2.45, 2.75) is 25.9 Å². The second-order valence-electron chi connectivity index (χ2n) is 4.64. The van der Waals surface area contributed by atoms with Gasteiger partial charge in [-0.2, -0.15) is 0 Å². The van der Waals surface area contributed by atoms with Crippen molar-refractivity contribution in [3.05, 3.63) is 28.2 Å². The van der Waals surface area contributed by atoms with E-state index in [2.05, 4.69) is 21.2 Å². The Morgan fingerprint density at radius 2 is 2.30 bits per heavy atom. The lowest BCUT2D eigenvalue weighted by Crippen LogP contribution is -2.27. The fraction of sp³-hybridized carbons (Fsp3) is 0.429. The molecule has 108 valence electrons. The van der Waals surface area contributed by atoms with Crippen molar-refractivity contribution < 1.29 is 19.1 Å². The summed E-state index contributed by atoms with van der Waals surface area (Å²) in [6, 6.07) is 5.58. The van der Waals surface area contributed by atoms with E-state index in [1.54, 1.807) is 6.07 Å². The molecule has 0 spiro atoms. The van der Waals surface area contributed by atoms with Gasteiger partial charge in [-0.3, -0.25) is 4.79 Å². The molecule has 0 aromatic heterocycles. The first-order chi connectivity index (χ1) is 9.56. The number of esters is 1. The molecule has 1 amide bonds. The van der Waals surface area contributed by atoms with Crippen LogP contribution in [-0.2, 0) is 19.1 Å². The van der Waals surface area contributed by atoms with Gasteiger partial charge in [0.05, 0.1) is 5.69 Å². The molecule has 0 radical (unpaired) electrons. The Morgan fingerprint density at radius 1 is 1.50 bits per heavy atom. The van der Waals surface area contributed by atoms with E-state index in [1.807, 2.05) is 19.1 Å². The highest BCUT2D eigenvalue weighted by Gasteiger charge is 2.25. The first kappa shape index (κ1) is 15.0. The lowest BCUT2D eigenvalue weighted by Gasteiger charge is -2.11. The molecule has 5 nitrogen and oxygen atoms in total. The van der Waals surface area contributed by atoms with E-state index in [9.17, 15) is 9.59 Å². The molecule has 1 aromatic rings. The van der Waals surface area contributed by atoms with Crippen LogP contribution in [0.4, 0.5) is 5.69 Å². The molecule has 1 aliphatic heterocycles. The fourth-order valence-corrected chi connectivity index (χ4v) is 2.49. The number of hydrogen-bond donors (Lipinski definition) is 1. The van der Waals surface area contributed by atoms with Crippen LogP contribution in [0, 0.1) is 6.92 Å². The molecule has 0 aliphatic carbocycles. The van der Waals surface area contributed by atoms with Gasteiger partial charge >= 0.3 is 5.97 Å². The van der Waals surface area contributed by atoms with Crippen LogP contribution in [-0.4, -0.2) is 31.2 Å². The first-order valence-corrected chi connectivity index (χ1v) is 7.20. The van der Waals surface area contributed by atoms with Crippen LogP contribution in [0.25, 0.3) is 0 Å². The number of anilines is 1. The van der Waals surface area contributed by atoms with E-state index in [-0.39, 0.29) is 12.5 Å². The Hall–Kier alpha value is -1.40. The Morgan fingerprint density at radius 3 is 2.95 bits per heavy atom. The zero-order chi connectivity index (χ0) is 14.5. The highest BCUT2D eigenvalue weighted by atomic mass is 79.9. The molecule has 1 aliphatic rings. The molecule has 1 heterocycles. The molecule has 20 heavy (non-hydrogen) atoms. The Balaban J connectivity index is 1.81. The average Bonchev–Trinajstić information content (AvgIpc) is 2.93. The van der Waals surface area contributed by atoms with Gasteiger partial charge in [-0.1, -0.05) is 6.07 Å². The summed E-state index contributed by atoms with van der Waals surface area (Å²) in [6.07, 6.45) is 0.987. The fourth-order valence-electron chi connectivity index (χ4n) is 1.90. The van der Waals surface area contributed by atoms with Crippen molar-refractivity contribution >= 4 is 33.5 Å². The van der Waals surface area contributed by atoms with E-state index in [4.69, 9.17) is 9.47 Å². The average molecular weight is 342 g/mol. The second-order valence-corrected chi connectivity index (χ2v) is 5.50. The van der Waals surface area contributed by atoms with Crippen molar-refractivity contribution in [2.24, 2.45) is 0 Å². The van der Waals surface area contributed by atoms with Crippen molar-refractivity contribution in [1.82, 2.24) is 0 Å². The third-order valence-corrected chi connectivity index (χ3v) is 3.59. The number of rotatable bonds is 4. The van der Waals surface area contributed by atoms with Crippen molar-refractivity contribution in [3.8, 4) is 0 Å². The molecule has 0 saturated carbocycles. The van der Waals surface area contributed by atoms with Crippen molar-refractivity contribution in [3.63, 3.8) is 0 Å². The standard InChI is InChI=1S/C14H16BrNO4/c1-9-4-5-11(10(15)7-9)16-13(17)8-20-14(18)12-3-2-6-19-12/h4-5,7,12H,2-3,6,8H2,1H3,(H,16,17)/t12-/m0/s1. The molecule has 1 N–H and O–H groups in total. The predicted molar refractivity (Wildman–Crippen MR) is 77.4 cm³/mol. The van der Waals surface area contributed by atoms with Crippen LogP contribution in [0.5, 0.6) is 0 Å². The Labute approximate surface area is 125 Å². The van der Waals surface area contributed by atoms with Gasteiger partial charge in [0, 0.05) is 11.1 Å². The van der Waals surface area contributed by atoms with E-state index in [1.165, 1.54) is 0 Å². The van der Waals surface area contributed by atoms with Gasteiger partial charge in [0.1, 0.15) is 0 Å². The summed E-state index contributed by atoms with van der Waals surface area (Å²) in [5.41, 5.74) is 1.73. The van der Waals surface area contributed by atoms with E-state index >= 15 is 0 Å². The highest BCUT2D eigenvalue weighted by Crippen LogP contribution is 2.23. The lowest BCUT2D eigenvalue weighted by molar-refractivity contribution is -0.156. The maximum absolute atomic E-state index is 11.7. The van der Waals surface area contributed by atoms with Crippen molar-refractivity contribution in [2.75, 3.05) is 18.5 Å². The third-order valence-electron chi connectivity index (χ3n) is 2.94. The summed E-state index contributed by atoms with van der Waals surface area (Å²) in [7, 11) is 0. The van der Waals surface area contributed by atoms with Gasteiger partial charge in [0.15, 0.2) is 12.7 Å². The molecular formula is C14H16BrNO4. The number of hydrogen-bond acceptors (Lipinski definition) is 4. The van der Waals surface area contributed by atoms with Gasteiger partial charge in [-0.05, 0) is 53.4 Å². The minimum Gasteiger partial charge on any atom is -0.454 e. The van der Waals surface area contributed by atoms with Gasteiger partial charge in [-0.15, -0.1) is 0 Å². The number of ether oxygens (including phenoxy) is 2.